The number of hydrogen-bond acceptors (Lipinski definition) is 1. The van der Waals surface area contributed by atoms with E-state index in [1.807, 2.05) is 18.2 Å². The highest BCUT2D eigenvalue weighted by molar-refractivity contribution is 9.10. The van der Waals surface area contributed by atoms with Crippen LogP contribution in [0.25, 0.3) is 0 Å². The molecule has 70 valence electrons. The van der Waals surface area contributed by atoms with Gasteiger partial charge in [-0.15, -0.1) is 0 Å². The number of rotatable bonds is 3. The van der Waals surface area contributed by atoms with E-state index >= 15 is 0 Å². The van der Waals surface area contributed by atoms with Crippen LogP contribution in [0.5, 0.6) is 5.75 Å². The van der Waals surface area contributed by atoms with Crippen LogP contribution in [0.1, 0.15) is 12.8 Å². The molecule has 0 N–H and O–H groups in total. The summed E-state index contributed by atoms with van der Waals surface area (Å²) in [6.07, 6.45) is 2.59. The number of ether oxygens (including phenoxy) is 1. The van der Waals surface area contributed by atoms with Gasteiger partial charge in [-0.2, -0.15) is 0 Å². The molecule has 13 heavy (non-hydrogen) atoms. The van der Waals surface area contributed by atoms with Crippen LogP contribution in [-0.4, -0.2) is 6.61 Å². The third-order valence-corrected chi connectivity index (χ3v) is 2.87. The molecule has 2 rings (SSSR count). The normalized spacial score (nSPS) is 15.8. The van der Waals surface area contributed by atoms with Crippen molar-refractivity contribution < 1.29 is 4.74 Å². The Balaban J connectivity index is 2.03. The van der Waals surface area contributed by atoms with Crippen LogP contribution < -0.4 is 4.74 Å². The third-order valence-electron chi connectivity index (χ3n) is 2.06. The van der Waals surface area contributed by atoms with Crippen LogP contribution in [0.15, 0.2) is 22.7 Å². The number of hydrogen-bond donors (Lipinski definition) is 0. The molecule has 0 radical (unpaired) electrons. The van der Waals surface area contributed by atoms with Crippen molar-refractivity contribution in [2.75, 3.05) is 6.61 Å². The maximum Gasteiger partial charge on any atom is 0.139 e. The lowest BCUT2D eigenvalue weighted by atomic mass is 10.3. The molecule has 1 aromatic rings. The Labute approximate surface area is 91.2 Å². The topological polar surface area (TPSA) is 9.23 Å². The fourth-order valence-electron chi connectivity index (χ4n) is 1.08. The molecule has 1 aliphatic carbocycles. The largest absolute Gasteiger partial charge is 0.492 e. The van der Waals surface area contributed by atoms with E-state index in [0.717, 1.165) is 22.7 Å². The molecule has 0 atom stereocenters. The van der Waals surface area contributed by atoms with Crippen molar-refractivity contribution in [2.45, 2.75) is 12.8 Å². The molecule has 0 saturated heterocycles. The summed E-state index contributed by atoms with van der Waals surface area (Å²) in [5, 5.41) is 0.684. The molecule has 0 amide bonds. The maximum atomic E-state index is 5.95. The van der Waals surface area contributed by atoms with Crippen molar-refractivity contribution in [1.29, 1.82) is 0 Å². The first kappa shape index (κ1) is 9.35. The molecule has 1 aromatic carbocycles. The second-order valence-corrected chi connectivity index (χ2v) is 4.65. The van der Waals surface area contributed by atoms with E-state index < -0.39 is 0 Å². The predicted molar refractivity (Wildman–Crippen MR) is 57.4 cm³/mol. The van der Waals surface area contributed by atoms with Crippen LogP contribution in [0.4, 0.5) is 0 Å². The average molecular weight is 262 g/mol. The van der Waals surface area contributed by atoms with Crippen LogP contribution in [-0.2, 0) is 0 Å². The van der Waals surface area contributed by atoms with E-state index in [1.165, 1.54) is 12.8 Å². The van der Waals surface area contributed by atoms with Gasteiger partial charge in [-0.1, -0.05) is 27.5 Å². The Morgan fingerprint density at radius 1 is 1.46 bits per heavy atom. The van der Waals surface area contributed by atoms with Gasteiger partial charge in [0, 0.05) is 4.47 Å². The van der Waals surface area contributed by atoms with Crippen LogP contribution in [0.2, 0.25) is 5.02 Å². The summed E-state index contributed by atoms with van der Waals surface area (Å²) < 4.78 is 6.58. The molecule has 3 heteroatoms. The van der Waals surface area contributed by atoms with Gasteiger partial charge in [0.2, 0.25) is 0 Å². The second-order valence-electron chi connectivity index (χ2n) is 3.33. The van der Waals surface area contributed by atoms with Gasteiger partial charge in [-0.05, 0) is 37.0 Å². The first-order chi connectivity index (χ1) is 6.25. The van der Waals surface area contributed by atoms with Gasteiger partial charge >= 0.3 is 0 Å². The van der Waals surface area contributed by atoms with Gasteiger partial charge < -0.3 is 4.74 Å². The van der Waals surface area contributed by atoms with Crippen molar-refractivity contribution in [1.82, 2.24) is 0 Å². The monoisotopic (exact) mass is 260 g/mol. The summed E-state index contributed by atoms with van der Waals surface area (Å²) in [4.78, 5) is 0. The number of benzene rings is 1. The summed E-state index contributed by atoms with van der Waals surface area (Å²) in [6, 6.07) is 5.66. The highest BCUT2D eigenvalue weighted by Gasteiger charge is 2.22. The molecule has 0 heterocycles. The van der Waals surface area contributed by atoms with Gasteiger partial charge in [-0.25, -0.2) is 0 Å². The zero-order valence-corrected chi connectivity index (χ0v) is 9.44. The highest BCUT2D eigenvalue weighted by Crippen LogP contribution is 2.32. The van der Waals surface area contributed by atoms with Crippen molar-refractivity contribution in [2.24, 2.45) is 5.92 Å². The van der Waals surface area contributed by atoms with Crippen molar-refractivity contribution in [3.8, 4) is 5.75 Å². The zero-order chi connectivity index (χ0) is 9.26. The first-order valence-electron chi connectivity index (χ1n) is 4.33. The summed E-state index contributed by atoms with van der Waals surface area (Å²) in [6.45, 7) is 0.802. The Morgan fingerprint density at radius 2 is 2.23 bits per heavy atom. The molecule has 0 aromatic heterocycles. The van der Waals surface area contributed by atoms with E-state index in [9.17, 15) is 0 Å². The van der Waals surface area contributed by atoms with Gasteiger partial charge in [0.15, 0.2) is 0 Å². The molecule has 1 aliphatic rings. The Hall–Kier alpha value is -0.210. The van der Waals surface area contributed by atoms with Gasteiger partial charge in [0.25, 0.3) is 0 Å². The lowest BCUT2D eigenvalue weighted by Gasteiger charge is -2.06. The maximum absolute atomic E-state index is 5.95. The number of halogens is 2. The quantitative estimate of drug-likeness (QED) is 0.802. The van der Waals surface area contributed by atoms with Crippen LogP contribution in [0.3, 0.4) is 0 Å². The minimum Gasteiger partial charge on any atom is -0.492 e. The van der Waals surface area contributed by atoms with Gasteiger partial charge in [0.05, 0.1) is 11.6 Å². The molecule has 1 saturated carbocycles. The zero-order valence-electron chi connectivity index (χ0n) is 7.09. The van der Waals surface area contributed by atoms with E-state index in [2.05, 4.69) is 15.9 Å². The first-order valence-corrected chi connectivity index (χ1v) is 5.50. The van der Waals surface area contributed by atoms with E-state index in [1.54, 1.807) is 0 Å². The summed E-state index contributed by atoms with van der Waals surface area (Å²) >= 11 is 9.33. The average Bonchev–Trinajstić information content (AvgIpc) is 2.90. The van der Waals surface area contributed by atoms with Crippen molar-refractivity contribution in [3.05, 3.63) is 27.7 Å². The lowest BCUT2D eigenvalue weighted by molar-refractivity contribution is 0.300. The predicted octanol–water partition coefficient (Wildman–Crippen LogP) is 3.89. The summed E-state index contributed by atoms with van der Waals surface area (Å²) in [7, 11) is 0. The van der Waals surface area contributed by atoms with Crippen molar-refractivity contribution in [3.63, 3.8) is 0 Å². The standard InChI is InChI=1S/C10H10BrClO/c11-8-3-4-9(12)10(5-8)13-6-7-1-2-7/h3-5,7H,1-2,6H2. The fraction of sp³-hybridized carbons (Fsp3) is 0.400. The van der Waals surface area contributed by atoms with Crippen molar-refractivity contribution >= 4 is 27.5 Å². The van der Waals surface area contributed by atoms with Crippen LogP contribution >= 0.6 is 27.5 Å². The van der Waals surface area contributed by atoms with Crippen LogP contribution in [0, 0.1) is 5.92 Å². The van der Waals surface area contributed by atoms with E-state index in [4.69, 9.17) is 16.3 Å². The van der Waals surface area contributed by atoms with Gasteiger partial charge in [-0.3, -0.25) is 0 Å². The minimum absolute atomic E-state index is 0.684. The second kappa shape index (κ2) is 3.89. The fourth-order valence-corrected chi connectivity index (χ4v) is 1.59. The van der Waals surface area contributed by atoms with E-state index in [0.29, 0.717) is 5.02 Å². The van der Waals surface area contributed by atoms with Gasteiger partial charge in [0.1, 0.15) is 5.75 Å². The molecule has 0 unspecified atom stereocenters. The highest BCUT2D eigenvalue weighted by atomic mass is 79.9. The summed E-state index contributed by atoms with van der Waals surface area (Å²) in [5.74, 6) is 1.54. The smallest absolute Gasteiger partial charge is 0.139 e. The molecule has 1 nitrogen and oxygen atoms in total. The Bertz CT molecular complexity index is 310. The molecule has 0 bridgehead atoms. The van der Waals surface area contributed by atoms with E-state index in [-0.39, 0.29) is 0 Å². The Kier molecular flexibility index (Phi) is 2.80. The minimum atomic E-state index is 0.684. The molecule has 0 spiro atoms. The SMILES string of the molecule is Clc1ccc(Br)cc1OCC1CC1. The lowest BCUT2D eigenvalue weighted by Crippen LogP contribution is -1.99. The third kappa shape index (κ3) is 2.61. The molecule has 1 fully saturated rings. The molecular weight excluding hydrogens is 251 g/mol. The Morgan fingerprint density at radius 3 is 2.92 bits per heavy atom. The summed E-state index contributed by atoms with van der Waals surface area (Å²) in [5.41, 5.74) is 0. The molecule has 0 aliphatic heterocycles. The molecular formula is C10H10BrClO.